The smallest absolute Gasteiger partial charge is 0.265 e. The average Bonchev–Trinajstić information content (AvgIpc) is 3.11. The van der Waals surface area contributed by atoms with E-state index in [0.29, 0.717) is 28.9 Å². The van der Waals surface area contributed by atoms with Crippen molar-refractivity contribution in [3.05, 3.63) is 33.4 Å². The molecule has 2 aromatic rings. The first-order valence-corrected chi connectivity index (χ1v) is 8.01. The van der Waals surface area contributed by atoms with Crippen LogP contribution in [0.2, 0.25) is 0 Å². The average molecular weight is 317 g/mol. The van der Waals surface area contributed by atoms with Gasteiger partial charge in [0.05, 0.1) is 11.6 Å². The standard InChI is InChI=1S/C17H20FN3O2/c1-8-4-12(9(2)22)15-13(14(8)18)16(23)20(3)17(19-15)21-6-10-5-11(10)7-21/h4,9-11,22H,5-7H2,1-3H3. The maximum absolute atomic E-state index is 14.5. The van der Waals surface area contributed by atoms with E-state index in [4.69, 9.17) is 0 Å². The van der Waals surface area contributed by atoms with Crippen LogP contribution in [0.25, 0.3) is 10.9 Å². The highest BCUT2D eigenvalue weighted by molar-refractivity contribution is 5.84. The van der Waals surface area contributed by atoms with Crippen LogP contribution in [0.15, 0.2) is 10.9 Å². The number of benzene rings is 1. The lowest BCUT2D eigenvalue weighted by molar-refractivity contribution is 0.200. The van der Waals surface area contributed by atoms with Crippen molar-refractivity contribution < 1.29 is 9.50 Å². The van der Waals surface area contributed by atoms with Crippen molar-refractivity contribution in [3.8, 4) is 0 Å². The lowest BCUT2D eigenvalue weighted by Crippen LogP contribution is -2.32. The normalized spacial score (nSPS) is 24.1. The van der Waals surface area contributed by atoms with Gasteiger partial charge in [-0.2, -0.15) is 0 Å². The molecule has 6 heteroatoms. The van der Waals surface area contributed by atoms with Crippen molar-refractivity contribution >= 4 is 16.9 Å². The Balaban J connectivity index is 2.00. The number of aryl methyl sites for hydroxylation is 1. The summed E-state index contributed by atoms with van der Waals surface area (Å²) in [7, 11) is 1.64. The van der Waals surface area contributed by atoms with E-state index in [1.54, 1.807) is 27.0 Å². The third kappa shape index (κ3) is 2.08. The fourth-order valence-electron chi connectivity index (χ4n) is 3.72. The van der Waals surface area contributed by atoms with Crippen LogP contribution in [-0.2, 0) is 7.05 Å². The molecule has 1 saturated heterocycles. The number of nitrogens with zero attached hydrogens (tertiary/aromatic N) is 3. The van der Waals surface area contributed by atoms with Gasteiger partial charge in [-0.1, -0.05) is 0 Å². The molecule has 1 saturated carbocycles. The van der Waals surface area contributed by atoms with Crippen molar-refractivity contribution in [2.45, 2.75) is 26.4 Å². The molecular weight excluding hydrogens is 297 g/mol. The fraction of sp³-hybridized carbons (Fsp3) is 0.529. The van der Waals surface area contributed by atoms with Crippen molar-refractivity contribution in [3.63, 3.8) is 0 Å². The Morgan fingerprint density at radius 1 is 1.39 bits per heavy atom. The molecule has 1 aliphatic carbocycles. The third-order valence-corrected chi connectivity index (χ3v) is 5.19. The topological polar surface area (TPSA) is 58.4 Å². The first-order valence-electron chi connectivity index (χ1n) is 8.01. The van der Waals surface area contributed by atoms with E-state index >= 15 is 0 Å². The van der Waals surface area contributed by atoms with E-state index in [9.17, 15) is 14.3 Å². The number of aromatic nitrogens is 2. The molecule has 5 nitrogen and oxygen atoms in total. The van der Waals surface area contributed by atoms with Gasteiger partial charge in [0.2, 0.25) is 5.95 Å². The van der Waals surface area contributed by atoms with Gasteiger partial charge in [0, 0.05) is 25.7 Å². The molecule has 2 heterocycles. The van der Waals surface area contributed by atoms with Crippen LogP contribution in [0.5, 0.6) is 0 Å². The van der Waals surface area contributed by atoms with Gasteiger partial charge in [0.1, 0.15) is 11.2 Å². The highest BCUT2D eigenvalue weighted by atomic mass is 19.1. The minimum Gasteiger partial charge on any atom is -0.389 e. The Morgan fingerprint density at radius 3 is 2.65 bits per heavy atom. The van der Waals surface area contributed by atoms with E-state index in [-0.39, 0.29) is 10.9 Å². The number of halogens is 1. The molecule has 122 valence electrons. The summed E-state index contributed by atoms with van der Waals surface area (Å²) in [5, 5.41) is 9.99. The molecule has 3 unspecified atom stereocenters. The van der Waals surface area contributed by atoms with E-state index in [0.717, 1.165) is 13.1 Å². The number of aliphatic hydroxyl groups is 1. The molecule has 2 aliphatic rings. The monoisotopic (exact) mass is 317 g/mol. The van der Waals surface area contributed by atoms with Crippen molar-refractivity contribution in [1.29, 1.82) is 0 Å². The zero-order chi connectivity index (χ0) is 16.5. The summed E-state index contributed by atoms with van der Waals surface area (Å²) in [6.07, 6.45) is 0.446. The van der Waals surface area contributed by atoms with Gasteiger partial charge >= 0.3 is 0 Å². The van der Waals surface area contributed by atoms with E-state index in [1.807, 2.05) is 0 Å². The molecule has 1 N–H and O–H groups in total. The quantitative estimate of drug-likeness (QED) is 0.919. The molecular formula is C17H20FN3O2. The van der Waals surface area contributed by atoms with Crippen LogP contribution in [0, 0.1) is 24.6 Å². The second-order valence-corrected chi connectivity index (χ2v) is 6.93. The number of fused-ring (bicyclic) bond motifs is 2. The van der Waals surface area contributed by atoms with Gasteiger partial charge in [-0.15, -0.1) is 0 Å². The van der Waals surface area contributed by atoms with Gasteiger partial charge in [-0.25, -0.2) is 9.37 Å². The fourth-order valence-corrected chi connectivity index (χ4v) is 3.72. The Hall–Kier alpha value is -1.95. The second kappa shape index (κ2) is 4.77. The number of anilines is 1. The SMILES string of the molecule is Cc1cc(C(C)O)c2nc(N3CC4CC4C3)n(C)c(=O)c2c1F. The molecule has 4 rings (SSSR count). The van der Waals surface area contributed by atoms with E-state index in [2.05, 4.69) is 9.88 Å². The molecule has 1 aliphatic heterocycles. The predicted molar refractivity (Wildman–Crippen MR) is 86.1 cm³/mol. The highest BCUT2D eigenvalue weighted by Gasteiger charge is 2.46. The summed E-state index contributed by atoms with van der Waals surface area (Å²) in [5.74, 6) is 1.43. The van der Waals surface area contributed by atoms with Crippen LogP contribution in [0.3, 0.4) is 0 Å². The molecule has 23 heavy (non-hydrogen) atoms. The summed E-state index contributed by atoms with van der Waals surface area (Å²) in [4.78, 5) is 19.4. The van der Waals surface area contributed by atoms with Crippen LogP contribution in [-0.4, -0.2) is 27.7 Å². The lowest BCUT2D eigenvalue weighted by atomic mass is 10.0. The Bertz CT molecular complexity index is 864. The van der Waals surface area contributed by atoms with Crippen LogP contribution in [0.1, 0.15) is 30.6 Å². The van der Waals surface area contributed by atoms with Crippen LogP contribution >= 0.6 is 0 Å². The van der Waals surface area contributed by atoms with Crippen LogP contribution in [0.4, 0.5) is 10.3 Å². The molecule has 1 aromatic carbocycles. The zero-order valence-electron chi connectivity index (χ0n) is 13.5. The molecule has 0 spiro atoms. The predicted octanol–water partition coefficient (Wildman–Crippen LogP) is 1.89. The summed E-state index contributed by atoms with van der Waals surface area (Å²) >= 11 is 0. The Kier molecular flexibility index (Phi) is 3.04. The number of rotatable bonds is 2. The zero-order valence-corrected chi connectivity index (χ0v) is 13.5. The molecule has 1 aromatic heterocycles. The van der Waals surface area contributed by atoms with Gasteiger partial charge < -0.3 is 10.0 Å². The second-order valence-electron chi connectivity index (χ2n) is 6.93. The van der Waals surface area contributed by atoms with Crippen molar-refractivity contribution in [2.24, 2.45) is 18.9 Å². The largest absolute Gasteiger partial charge is 0.389 e. The molecule has 0 bridgehead atoms. The van der Waals surface area contributed by atoms with Crippen molar-refractivity contribution in [1.82, 2.24) is 9.55 Å². The third-order valence-electron chi connectivity index (χ3n) is 5.19. The number of hydrogen-bond donors (Lipinski definition) is 1. The first-order chi connectivity index (χ1) is 10.9. The van der Waals surface area contributed by atoms with Gasteiger partial charge in [0.15, 0.2) is 0 Å². The summed E-state index contributed by atoms with van der Waals surface area (Å²) < 4.78 is 15.9. The van der Waals surface area contributed by atoms with Gasteiger partial charge in [0.25, 0.3) is 5.56 Å². The first kappa shape index (κ1) is 14.6. The molecule has 3 atom stereocenters. The van der Waals surface area contributed by atoms with Gasteiger partial charge in [-0.3, -0.25) is 9.36 Å². The number of aliphatic hydroxyl groups excluding tert-OH is 1. The summed E-state index contributed by atoms with van der Waals surface area (Å²) in [6, 6.07) is 1.58. The number of hydrogen-bond acceptors (Lipinski definition) is 4. The van der Waals surface area contributed by atoms with Gasteiger partial charge in [-0.05, 0) is 43.7 Å². The van der Waals surface area contributed by atoms with E-state index < -0.39 is 17.5 Å². The highest BCUT2D eigenvalue weighted by Crippen LogP contribution is 2.45. The Labute approximate surface area is 133 Å². The minimum absolute atomic E-state index is 0.0310. The Morgan fingerprint density at radius 2 is 2.04 bits per heavy atom. The lowest BCUT2D eigenvalue weighted by Gasteiger charge is -2.23. The maximum Gasteiger partial charge on any atom is 0.265 e. The van der Waals surface area contributed by atoms with Crippen molar-refractivity contribution in [2.75, 3.05) is 18.0 Å². The molecule has 0 radical (unpaired) electrons. The molecule has 2 fully saturated rings. The minimum atomic E-state index is -0.809. The number of piperidine rings is 1. The van der Waals surface area contributed by atoms with Crippen LogP contribution < -0.4 is 10.5 Å². The summed E-state index contributed by atoms with van der Waals surface area (Å²) in [6.45, 7) is 5.00. The summed E-state index contributed by atoms with van der Waals surface area (Å²) in [5.41, 5.74) is 0.736. The maximum atomic E-state index is 14.5. The van der Waals surface area contributed by atoms with E-state index in [1.165, 1.54) is 11.0 Å². The molecule has 0 amide bonds.